The van der Waals surface area contributed by atoms with Crippen LogP contribution >= 0.6 is 0 Å². The van der Waals surface area contributed by atoms with E-state index in [-0.39, 0.29) is 23.6 Å². The molecule has 1 aliphatic rings. The number of pyridine rings is 1. The summed E-state index contributed by atoms with van der Waals surface area (Å²) in [5.74, 6) is -0.821. The van der Waals surface area contributed by atoms with Gasteiger partial charge in [0.15, 0.2) is 0 Å². The second kappa shape index (κ2) is 14.9. The number of anilines is 2. The van der Waals surface area contributed by atoms with Gasteiger partial charge in [0.1, 0.15) is 5.83 Å². The molecule has 3 rings (SSSR count). The fraction of sp³-hybridized carbons (Fsp3) is 0.286. The Kier molecular flexibility index (Phi) is 11.4. The number of methoxy groups -OCH3 is 1. The number of amides is 2. The molecule has 2 atom stereocenters. The monoisotopic (exact) mass is 569 g/mol. The van der Waals surface area contributed by atoms with Crippen molar-refractivity contribution in [3.8, 4) is 0 Å². The highest BCUT2D eigenvalue weighted by Crippen LogP contribution is 2.36. The summed E-state index contributed by atoms with van der Waals surface area (Å²) in [5.41, 5.74) is 6.07. The SMILES string of the molecule is C=C(C)/C(=C(F)\C=C/C)c1ccc(C2CCCC(C)C(=O)Nc3cc(NC(=O)OC)ccc3C(/C=C\C)=C/C2=C)nc1. The number of halogens is 1. The number of rotatable bonds is 6. The highest BCUT2D eigenvalue weighted by molar-refractivity contribution is 5.98. The lowest BCUT2D eigenvalue weighted by molar-refractivity contribution is -0.119. The summed E-state index contributed by atoms with van der Waals surface area (Å²) in [6.45, 7) is 15.8. The number of nitrogens with one attached hydrogen (secondary N) is 2. The maximum atomic E-state index is 14.8. The quantitative estimate of drug-likeness (QED) is 0.340. The van der Waals surface area contributed by atoms with Gasteiger partial charge in [-0.05, 0) is 74.6 Å². The van der Waals surface area contributed by atoms with Gasteiger partial charge >= 0.3 is 6.09 Å². The second-order valence-corrected chi connectivity index (χ2v) is 10.4. The average molecular weight is 570 g/mol. The molecule has 6 nitrogen and oxygen atoms in total. The lowest BCUT2D eigenvalue weighted by atomic mass is 9.86. The molecule has 2 unspecified atom stereocenters. The third-order valence-electron chi connectivity index (χ3n) is 7.14. The van der Waals surface area contributed by atoms with E-state index in [4.69, 9.17) is 9.72 Å². The number of aromatic nitrogens is 1. The molecule has 1 aromatic heterocycles. The van der Waals surface area contributed by atoms with E-state index < -0.39 is 6.09 Å². The number of hydrogen-bond donors (Lipinski definition) is 2. The molecule has 0 bridgehead atoms. The summed E-state index contributed by atoms with van der Waals surface area (Å²) in [7, 11) is 1.29. The zero-order chi connectivity index (χ0) is 30.8. The highest BCUT2D eigenvalue weighted by atomic mass is 19.1. The van der Waals surface area contributed by atoms with Crippen molar-refractivity contribution < 1.29 is 18.7 Å². The molecule has 0 saturated heterocycles. The lowest BCUT2D eigenvalue weighted by Crippen LogP contribution is -2.22. The molecule has 42 heavy (non-hydrogen) atoms. The summed E-state index contributed by atoms with van der Waals surface area (Å²) in [5, 5.41) is 5.72. The van der Waals surface area contributed by atoms with E-state index in [1.54, 1.807) is 38.3 Å². The van der Waals surface area contributed by atoms with Crippen LogP contribution in [0.4, 0.5) is 20.6 Å². The van der Waals surface area contributed by atoms with Crippen molar-refractivity contribution in [1.82, 2.24) is 4.98 Å². The summed E-state index contributed by atoms with van der Waals surface area (Å²) >= 11 is 0. The predicted molar refractivity (Wildman–Crippen MR) is 171 cm³/mol. The third kappa shape index (κ3) is 8.03. The molecule has 220 valence electrons. The standard InChI is InChI=1S/C35H40FN3O3/c1-8-11-25-19-24(6)28(31-18-15-26(21-37-31)33(22(3)4)30(36)12-9-2)14-10-13-23(5)34(40)39-32-20-27(16-17-29(25)32)38-35(41)42-7/h8-9,11-12,15-21,23,28H,3,6,10,13-14H2,1-2,4-5,7H3,(H,38,41)(H,39,40)/b11-8-,12-9-,25-19+,33-30-. The minimum absolute atomic E-state index is 0.105. The van der Waals surface area contributed by atoms with Crippen molar-refractivity contribution in [2.75, 3.05) is 17.7 Å². The fourth-order valence-electron chi connectivity index (χ4n) is 4.96. The van der Waals surface area contributed by atoms with Crippen molar-refractivity contribution in [3.63, 3.8) is 0 Å². The minimum atomic E-state index is -0.600. The van der Waals surface area contributed by atoms with Gasteiger partial charge in [0.2, 0.25) is 5.91 Å². The van der Waals surface area contributed by atoms with Gasteiger partial charge in [0, 0.05) is 46.1 Å². The summed E-state index contributed by atoms with van der Waals surface area (Å²) < 4.78 is 19.5. The van der Waals surface area contributed by atoms with Crippen molar-refractivity contribution in [3.05, 3.63) is 114 Å². The molecule has 2 aromatic rings. The maximum Gasteiger partial charge on any atom is 0.411 e. The summed E-state index contributed by atoms with van der Waals surface area (Å²) in [4.78, 5) is 29.8. The van der Waals surface area contributed by atoms with E-state index in [0.717, 1.165) is 35.2 Å². The number of nitrogens with zero attached hydrogens (tertiary/aromatic N) is 1. The molecule has 0 spiro atoms. The van der Waals surface area contributed by atoms with Gasteiger partial charge in [-0.1, -0.05) is 62.9 Å². The van der Waals surface area contributed by atoms with Gasteiger partial charge < -0.3 is 10.1 Å². The smallest absolute Gasteiger partial charge is 0.411 e. The molecule has 2 N–H and O–H groups in total. The van der Waals surface area contributed by atoms with Crippen LogP contribution < -0.4 is 10.6 Å². The van der Waals surface area contributed by atoms with Crippen LogP contribution in [0, 0.1) is 5.92 Å². The van der Waals surface area contributed by atoms with E-state index in [9.17, 15) is 14.0 Å². The molecular formula is C35H40FN3O3. The Morgan fingerprint density at radius 3 is 2.57 bits per heavy atom. The van der Waals surface area contributed by atoms with Gasteiger partial charge in [-0.3, -0.25) is 15.1 Å². The molecule has 0 aliphatic carbocycles. The van der Waals surface area contributed by atoms with Crippen LogP contribution in [-0.2, 0) is 9.53 Å². The van der Waals surface area contributed by atoms with Crippen molar-refractivity contribution in [2.45, 2.75) is 52.9 Å². The molecule has 0 fully saturated rings. The van der Waals surface area contributed by atoms with Crippen LogP contribution in [0.25, 0.3) is 11.1 Å². The molecule has 1 aliphatic heterocycles. The summed E-state index contributed by atoms with van der Waals surface area (Å²) in [6.07, 6.45) is 12.2. The molecule has 2 amide bonds. The maximum absolute atomic E-state index is 14.8. The molecule has 2 heterocycles. The van der Waals surface area contributed by atoms with E-state index in [2.05, 4.69) is 23.8 Å². The van der Waals surface area contributed by atoms with Gasteiger partial charge in [0.05, 0.1) is 12.8 Å². The molecular weight excluding hydrogens is 529 g/mol. The first-order valence-electron chi connectivity index (χ1n) is 14.1. The number of benzene rings is 1. The van der Waals surface area contributed by atoms with Crippen LogP contribution in [0.1, 0.15) is 69.7 Å². The first kappa shape index (κ1) is 32.0. The number of allylic oxidation sites excluding steroid dienone is 10. The van der Waals surface area contributed by atoms with E-state index in [1.807, 2.05) is 50.3 Å². The molecule has 1 aromatic carbocycles. The average Bonchev–Trinajstić information content (AvgIpc) is 2.95. The van der Waals surface area contributed by atoms with Crippen LogP contribution in [-0.4, -0.2) is 24.1 Å². The normalized spacial score (nSPS) is 20.0. The highest BCUT2D eigenvalue weighted by Gasteiger charge is 2.22. The second-order valence-electron chi connectivity index (χ2n) is 10.4. The Hall–Kier alpha value is -4.52. The Bertz CT molecular complexity index is 1460. The van der Waals surface area contributed by atoms with Crippen LogP contribution in [0.5, 0.6) is 0 Å². The topological polar surface area (TPSA) is 80.3 Å². The van der Waals surface area contributed by atoms with Gasteiger partial charge in [-0.2, -0.15) is 0 Å². The largest absolute Gasteiger partial charge is 0.453 e. The first-order chi connectivity index (χ1) is 20.1. The third-order valence-corrected chi connectivity index (χ3v) is 7.14. The molecule has 0 saturated carbocycles. The van der Waals surface area contributed by atoms with E-state index in [0.29, 0.717) is 34.5 Å². The molecule has 0 radical (unpaired) electrons. The Balaban J connectivity index is 2.10. The Morgan fingerprint density at radius 1 is 1.19 bits per heavy atom. The van der Waals surface area contributed by atoms with Crippen LogP contribution in [0.3, 0.4) is 0 Å². The van der Waals surface area contributed by atoms with Gasteiger partial charge in [-0.25, -0.2) is 9.18 Å². The van der Waals surface area contributed by atoms with E-state index in [1.165, 1.54) is 13.2 Å². The number of fused-ring (bicyclic) bond motifs is 1. The van der Waals surface area contributed by atoms with Crippen LogP contribution in [0.2, 0.25) is 0 Å². The van der Waals surface area contributed by atoms with Gasteiger partial charge in [0.25, 0.3) is 0 Å². The lowest BCUT2D eigenvalue weighted by Gasteiger charge is -2.22. The Labute approximate surface area is 248 Å². The van der Waals surface area contributed by atoms with Crippen LogP contribution in [0.15, 0.2) is 97.0 Å². The first-order valence-corrected chi connectivity index (χ1v) is 14.1. The number of carbonyl (C=O) groups is 2. The van der Waals surface area contributed by atoms with Crippen molar-refractivity contribution in [2.24, 2.45) is 5.92 Å². The predicted octanol–water partition coefficient (Wildman–Crippen LogP) is 9.15. The molecule has 7 heteroatoms. The number of hydrogen-bond acceptors (Lipinski definition) is 4. The fourth-order valence-corrected chi connectivity index (χ4v) is 4.96. The Morgan fingerprint density at radius 2 is 1.95 bits per heavy atom. The number of carbonyl (C=O) groups excluding carboxylic acids is 2. The minimum Gasteiger partial charge on any atom is -0.453 e. The van der Waals surface area contributed by atoms with E-state index >= 15 is 0 Å². The zero-order valence-electron chi connectivity index (χ0n) is 25.1. The van der Waals surface area contributed by atoms with Crippen molar-refractivity contribution >= 4 is 34.5 Å². The van der Waals surface area contributed by atoms with Crippen molar-refractivity contribution in [1.29, 1.82) is 0 Å². The summed E-state index contributed by atoms with van der Waals surface area (Å²) in [6, 6.07) is 9.12. The zero-order valence-corrected chi connectivity index (χ0v) is 25.1. The number of ether oxygens (including phenoxy) is 1. The van der Waals surface area contributed by atoms with Gasteiger partial charge in [-0.15, -0.1) is 0 Å².